The van der Waals surface area contributed by atoms with E-state index in [0.717, 1.165) is 54.4 Å². The predicted octanol–water partition coefficient (Wildman–Crippen LogP) is 4.44. The number of nitrogens with zero attached hydrogens (tertiary/aromatic N) is 4. The zero-order valence-electron chi connectivity index (χ0n) is 18.2. The summed E-state index contributed by atoms with van der Waals surface area (Å²) in [6, 6.07) is 17.7. The predicted molar refractivity (Wildman–Crippen MR) is 129 cm³/mol. The molecule has 33 heavy (non-hydrogen) atoms. The second kappa shape index (κ2) is 9.95. The van der Waals surface area contributed by atoms with Crippen molar-refractivity contribution < 1.29 is 9.21 Å². The number of hydrogen-bond donors (Lipinski definition) is 1. The molecule has 3 aromatic heterocycles. The molecule has 0 bridgehead atoms. The molecule has 0 unspecified atom stereocenters. The Bertz CT molecular complexity index is 1170. The number of amides is 1. The number of piperidine rings is 1. The van der Waals surface area contributed by atoms with E-state index in [0.29, 0.717) is 18.0 Å². The Morgan fingerprint density at radius 2 is 1.91 bits per heavy atom. The van der Waals surface area contributed by atoms with Crippen LogP contribution in [-0.2, 0) is 11.2 Å². The van der Waals surface area contributed by atoms with Gasteiger partial charge in [0, 0.05) is 42.9 Å². The zero-order valence-corrected chi connectivity index (χ0v) is 19.0. The third kappa shape index (κ3) is 5.12. The van der Waals surface area contributed by atoms with E-state index in [1.54, 1.807) is 17.6 Å². The summed E-state index contributed by atoms with van der Waals surface area (Å²) in [4.78, 5) is 19.5. The fraction of sp³-hybridized carbons (Fsp3) is 0.280. The maximum atomic E-state index is 12.6. The van der Waals surface area contributed by atoms with Gasteiger partial charge in [0.15, 0.2) is 11.6 Å². The van der Waals surface area contributed by atoms with Crippen molar-refractivity contribution in [1.82, 2.24) is 20.5 Å². The van der Waals surface area contributed by atoms with Gasteiger partial charge in [-0.2, -0.15) is 0 Å². The quantitative estimate of drug-likeness (QED) is 0.440. The second-order valence-electron chi connectivity index (χ2n) is 8.07. The summed E-state index contributed by atoms with van der Waals surface area (Å²) in [5.41, 5.74) is 2.87. The summed E-state index contributed by atoms with van der Waals surface area (Å²) in [7, 11) is 0. The van der Waals surface area contributed by atoms with E-state index in [1.807, 2.05) is 42.5 Å². The molecular weight excluding hydrogens is 434 g/mol. The van der Waals surface area contributed by atoms with Crippen LogP contribution >= 0.6 is 11.3 Å². The van der Waals surface area contributed by atoms with Gasteiger partial charge < -0.3 is 14.6 Å². The van der Waals surface area contributed by atoms with Gasteiger partial charge in [0.05, 0.1) is 12.0 Å². The Labute approximate surface area is 196 Å². The highest BCUT2D eigenvalue weighted by molar-refractivity contribution is 7.13. The Morgan fingerprint density at radius 3 is 2.64 bits per heavy atom. The first-order chi connectivity index (χ1) is 16.3. The van der Waals surface area contributed by atoms with Crippen molar-refractivity contribution >= 4 is 23.1 Å². The number of nitrogens with one attached hydrogen (secondary N) is 1. The van der Waals surface area contributed by atoms with E-state index < -0.39 is 0 Å². The molecule has 7 nitrogen and oxygen atoms in total. The van der Waals surface area contributed by atoms with E-state index in [1.165, 1.54) is 0 Å². The van der Waals surface area contributed by atoms with Crippen LogP contribution in [-0.4, -0.2) is 40.7 Å². The van der Waals surface area contributed by atoms with Crippen LogP contribution in [0.5, 0.6) is 0 Å². The fourth-order valence-electron chi connectivity index (χ4n) is 4.01. The van der Waals surface area contributed by atoms with Gasteiger partial charge in [-0.1, -0.05) is 30.3 Å². The summed E-state index contributed by atoms with van der Waals surface area (Å²) in [5.74, 6) is 1.71. The number of anilines is 1. The standard InChI is InChI=1S/C25H25N5O2S/c31-24(26-13-10-20-17-33-25(27-20)19-5-2-1-3-6-19)18-11-14-30(15-12-18)23-9-8-21(28-29-23)22-7-4-16-32-22/h1-9,16-18H,10-15H2,(H,26,31). The lowest BCUT2D eigenvalue weighted by atomic mass is 9.96. The van der Waals surface area contributed by atoms with Crippen molar-refractivity contribution in [1.29, 1.82) is 0 Å². The summed E-state index contributed by atoms with van der Waals surface area (Å²) in [6.07, 6.45) is 3.98. The summed E-state index contributed by atoms with van der Waals surface area (Å²) < 4.78 is 5.36. The Morgan fingerprint density at radius 1 is 1.06 bits per heavy atom. The molecule has 1 amide bonds. The summed E-state index contributed by atoms with van der Waals surface area (Å²) >= 11 is 1.64. The topological polar surface area (TPSA) is 84.2 Å². The molecular formula is C25H25N5O2S. The Balaban J connectivity index is 1.07. The SMILES string of the molecule is O=C(NCCc1csc(-c2ccccc2)n1)C1CCN(c2ccc(-c3ccco3)nn2)CC1. The van der Waals surface area contributed by atoms with Crippen molar-refractivity contribution in [2.75, 3.05) is 24.5 Å². The van der Waals surface area contributed by atoms with E-state index in [4.69, 9.17) is 9.40 Å². The number of rotatable bonds is 7. The molecule has 0 radical (unpaired) electrons. The largest absolute Gasteiger partial charge is 0.463 e. The highest BCUT2D eigenvalue weighted by Crippen LogP contribution is 2.25. The van der Waals surface area contributed by atoms with Gasteiger partial charge in [-0.3, -0.25) is 4.79 Å². The number of carbonyl (C=O) groups excluding carboxylic acids is 1. The van der Waals surface area contributed by atoms with Gasteiger partial charge >= 0.3 is 0 Å². The monoisotopic (exact) mass is 459 g/mol. The first-order valence-electron chi connectivity index (χ1n) is 11.2. The number of thiazole rings is 1. The number of hydrogen-bond acceptors (Lipinski definition) is 7. The van der Waals surface area contributed by atoms with Crippen molar-refractivity contribution in [2.45, 2.75) is 19.3 Å². The lowest BCUT2D eigenvalue weighted by Crippen LogP contribution is -2.41. The number of furan rings is 1. The van der Waals surface area contributed by atoms with Gasteiger partial charge in [0.1, 0.15) is 10.7 Å². The summed E-state index contributed by atoms with van der Waals surface area (Å²) in [6.45, 7) is 2.19. The van der Waals surface area contributed by atoms with E-state index in [2.05, 4.69) is 37.9 Å². The molecule has 1 fully saturated rings. The van der Waals surface area contributed by atoms with E-state index in [9.17, 15) is 4.79 Å². The lowest BCUT2D eigenvalue weighted by Gasteiger charge is -2.31. The van der Waals surface area contributed by atoms with Crippen molar-refractivity contribution in [2.24, 2.45) is 5.92 Å². The smallest absolute Gasteiger partial charge is 0.223 e. The fourth-order valence-corrected chi connectivity index (χ4v) is 4.87. The molecule has 0 aliphatic carbocycles. The van der Waals surface area contributed by atoms with Crippen LogP contribution in [0.15, 0.2) is 70.7 Å². The molecule has 8 heteroatoms. The number of benzene rings is 1. The molecule has 1 aromatic carbocycles. The maximum absolute atomic E-state index is 12.6. The average Bonchev–Trinajstić information content (AvgIpc) is 3.58. The molecule has 0 saturated carbocycles. The van der Waals surface area contributed by atoms with Crippen LogP contribution in [0.4, 0.5) is 5.82 Å². The highest BCUT2D eigenvalue weighted by atomic mass is 32.1. The van der Waals surface area contributed by atoms with E-state index >= 15 is 0 Å². The average molecular weight is 460 g/mol. The van der Waals surface area contributed by atoms with Crippen LogP contribution in [0.2, 0.25) is 0 Å². The molecule has 5 rings (SSSR count). The zero-order chi connectivity index (χ0) is 22.5. The Hall–Kier alpha value is -3.52. The first kappa shape index (κ1) is 21.3. The van der Waals surface area contributed by atoms with E-state index in [-0.39, 0.29) is 11.8 Å². The van der Waals surface area contributed by atoms with Crippen LogP contribution in [0.25, 0.3) is 22.0 Å². The first-order valence-corrected chi connectivity index (χ1v) is 12.0. The van der Waals surface area contributed by atoms with Crippen molar-refractivity contribution in [3.05, 3.63) is 71.9 Å². The minimum atomic E-state index is 0.0342. The molecule has 0 atom stereocenters. The highest BCUT2D eigenvalue weighted by Gasteiger charge is 2.25. The van der Waals surface area contributed by atoms with Crippen LogP contribution in [0.1, 0.15) is 18.5 Å². The van der Waals surface area contributed by atoms with Gasteiger partial charge in [-0.25, -0.2) is 4.98 Å². The lowest BCUT2D eigenvalue weighted by molar-refractivity contribution is -0.125. The second-order valence-corrected chi connectivity index (χ2v) is 8.92. The summed E-state index contributed by atoms with van der Waals surface area (Å²) in [5, 5.41) is 14.8. The van der Waals surface area contributed by atoms with Gasteiger partial charge in [0.2, 0.25) is 5.91 Å². The number of carbonyl (C=O) groups is 1. The third-order valence-electron chi connectivity index (χ3n) is 5.87. The molecule has 1 saturated heterocycles. The molecule has 1 aliphatic heterocycles. The van der Waals surface area contributed by atoms with Crippen molar-refractivity contribution in [3.63, 3.8) is 0 Å². The third-order valence-corrected chi connectivity index (χ3v) is 6.81. The minimum Gasteiger partial charge on any atom is -0.463 e. The van der Waals surface area contributed by atoms with Gasteiger partial charge in [0.25, 0.3) is 0 Å². The van der Waals surface area contributed by atoms with Gasteiger partial charge in [-0.15, -0.1) is 21.5 Å². The van der Waals surface area contributed by atoms with Gasteiger partial charge in [-0.05, 0) is 37.1 Å². The normalized spacial score (nSPS) is 14.4. The van der Waals surface area contributed by atoms with Crippen LogP contribution in [0.3, 0.4) is 0 Å². The maximum Gasteiger partial charge on any atom is 0.223 e. The molecule has 4 heterocycles. The number of aromatic nitrogens is 3. The molecule has 0 spiro atoms. The van der Waals surface area contributed by atoms with Crippen LogP contribution < -0.4 is 10.2 Å². The Kier molecular flexibility index (Phi) is 6.44. The molecule has 168 valence electrons. The molecule has 4 aromatic rings. The molecule has 1 aliphatic rings. The molecule has 1 N–H and O–H groups in total. The van der Waals surface area contributed by atoms with Crippen LogP contribution in [0, 0.1) is 5.92 Å². The van der Waals surface area contributed by atoms with Crippen molar-refractivity contribution in [3.8, 4) is 22.0 Å². The minimum absolute atomic E-state index is 0.0342.